The lowest BCUT2D eigenvalue weighted by Gasteiger charge is -2.23. The fourth-order valence-corrected chi connectivity index (χ4v) is 3.59. The van der Waals surface area contributed by atoms with Gasteiger partial charge in [0, 0.05) is 24.2 Å². The molecule has 2 saturated carbocycles. The van der Waals surface area contributed by atoms with E-state index in [1.807, 2.05) is 17.0 Å². The first-order valence-electron chi connectivity index (χ1n) is 10.2. The number of aromatic nitrogens is 2. The van der Waals surface area contributed by atoms with Gasteiger partial charge in [-0.25, -0.2) is 0 Å². The van der Waals surface area contributed by atoms with E-state index in [4.69, 9.17) is 0 Å². The molecule has 0 aliphatic heterocycles. The Morgan fingerprint density at radius 1 is 1.20 bits per heavy atom. The molecule has 1 heterocycles. The first kappa shape index (κ1) is 20.1. The number of hydrogen-bond donors (Lipinski definition) is 1. The zero-order valence-electron chi connectivity index (χ0n) is 17.1. The van der Waals surface area contributed by atoms with Gasteiger partial charge in [-0.05, 0) is 57.2 Å². The summed E-state index contributed by atoms with van der Waals surface area (Å²) in [4.78, 5) is 37.7. The number of nitrogens with one attached hydrogen (secondary N) is 1. The van der Waals surface area contributed by atoms with Crippen molar-refractivity contribution >= 4 is 17.5 Å². The lowest BCUT2D eigenvalue weighted by atomic mass is 10.1. The predicted molar refractivity (Wildman–Crippen MR) is 109 cm³/mol. The van der Waals surface area contributed by atoms with E-state index in [9.17, 15) is 19.7 Å². The van der Waals surface area contributed by atoms with Crippen molar-refractivity contribution in [3.63, 3.8) is 0 Å². The van der Waals surface area contributed by atoms with Crippen LogP contribution in [0.3, 0.4) is 0 Å². The van der Waals surface area contributed by atoms with E-state index in [2.05, 4.69) is 10.4 Å². The van der Waals surface area contributed by atoms with Crippen LogP contribution in [0.4, 0.5) is 5.69 Å². The molecule has 1 N–H and O–H groups in total. The Balaban J connectivity index is 1.44. The highest BCUT2D eigenvalue weighted by Crippen LogP contribution is 2.29. The molecule has 9 heteroatoms. The third-order valence-electron chi connectivity index (χ3n) is 5.60. The van der Waals surface area contributed by atoms with Crippen molar-refractivity contribution in [3.05, 3.63) is 56.9 Å². The maximum atomic E-state index is 13.0. The number of aryl methyl sites for hydroxylation is 1. The normalized spacial score (nSPS) is 15.7. The molecule has 0 spiro atoms. The third kappa shape index (κ3) is 4.34. The topological polar surface area (TPSA) is 110 Å². The van der Waals surface area contributed by atoms with E-state index in [1.165, 1.54) is 4.68 Å². The molecule has 2 aliphatic carbocycles. The molecule has 0 radical (unpaired) electrons. The van der Waals surface area contributed by atoms with Crippen molar-refractivity contribution in [2.45, 2.75) is 64.7 Å². The summed E-state index contributed by atoms with van der Waals surface area (Å²) in [6.45, 7) is 3.60. The van der Waals surface area contributed by atoms with Gasteiger partial charge in [0.2, 0.25) is 5.91 Å². The van der Waals surface area contributed by atoms with Gasteiger partial charge in [-0.2, -0.15) is 5.10 Å². The van der Waals surface area contributed by atoms with Gasteiger partial charge in [0.25, 0.3) is 5.91 Å². The fraction of sp³-hybridized carbons (Fsp3) is 0.476. The minimum atomic E-state index is -0.460. The molecule has 1 aromatic heterocycles. The summed E-state index contributed by atoms with van der Waals surface area (Å²) in [5.74, 6) is -0.182. The monoisotopic (exact) mass is 411 g/mol. The summed E-state index contributed by atoms with van der Waals surface area (Å²) in [5.41, 5.74) is 2.21. The van der Waals surface area contributed by atoms with Crippen LogP contribution in [0.5, 0.6) is 0 Å². The fourth-order valence-electron chi connectivity index (χ4n) is 3.59. The van der Waals surface area contributed by atoms with Gasteiger partial charge in [0.15, 0.2) is 0 Å². The van der Waals surface area contributed by atoms with Gasteiger partial charge in [-0.1, -0.05) is 12.1 Å². The number of carbonyl (C=O) groups is 2. The highest BCUT2D eigenvalue weighted by Gasteiger charge is 2.33. The van der Waals surface area contributed by atoms with Gasteiger partial charge in [-0.3, -0.25) is 24.4 Å². The van der Waals surface area contributed by atoms with Crippen LogP contribution in [0.25, 0.3) is 0 Å². The summed E-state index contributed by atoms with van der Waals surface area (Å²) < 4.78 is 1.41. The molecule has 4 rings (SSSR count). The van der Waals surface area contributed by atoms with Gasteiger partial charge >= 0.3 is 5.69 Å². The molecule has 30 heavy (non-hydrogen) atoms. The maximum absolute atomic E-state index is 13.0. The molecule has 0 atom stereocenters. The lowest BCUT2D eigenvalue weighted by molar-refractivity contribution is -0.386. The Labute approximate surface area is 174 Å². The Kier molecular flexibility index (Phi) is 5.27. The number of benzene rings is 1. The molecule has 1 aromatic carbocycles. The Morgan fingerprint density at radius 2 is 1.87 bits per heavy atom. The molecule has 0 saturated heterocycles. The SMILES string of the molecule is Cc1nn(CC(=O)N(Cc2ccc(C(=O)NC3CC3)cc2)C2CC2)c(C)c1[N+](=O)[O-]. The van der Waals surface area contributed by atoms with Crippen molar-refractivity contribution < 1.29 is 14.5 Å². The third-order valence-corrected chi connectivity index (χ3v) is 5.60. The summed E-state index contributed by atoms with van der Waals surface area (Å²) >= 11 is 0. The van der Waals surface area contributed by atoms with Crippen LogP contribution in [-0.2, 0) is 17.9 Å². The lowest BCUT2D eigenvalue weighted by Crippen LogP contribution is -2.35. The van der Waals surface area contributed by atoms with Crippen LogP contribution in [0.15, 0.2) is 24.3 Å². The molecular formula is C21H25N5O4. The van der Waals surface area contributed by atoms with Crippen LogP contribution < -0.4 is 5.32 Å². The number of nitro groups is 1. The summed E-state index contributed by atoms with van der Waals surface area (Å²) in [7, 11) is 0. The Hall–Kier alpha value is -3.23. The minimum absolute atomic E-state index is 0.0289. The predicted octanol–water partition coefficient (Wildman–Crippen LogP) is 2.49. The highest BCUT2D eigenvalue weighted by atomic mass is 16.6. The van der Waals surface area contributed by atoms with Crippen LogP contribution in [0.2, 0.25) is 0 Å². The zero-order chi connectivity index (χ0) is 21.4. The van der Waals surface area contributed by atoms with E-state index < -0.39 is 4.92 Å². The number of nitrogens with zero attached hydrogens (tertiary/aromatic N) is 4. The van der Waals surface area contributed by atoms with Crippen molar-refractivity contribution in [2.75, 3.05) is 0 Å². The van der Waals surface area contributed by atoms with Gasteiger partial charge in [0.1, 0.15) is 17.9 Å². The number of rotatable bonds is 8. The molecule has 0 unspecified atom stereocenters. The molecular weight excluding hydrogens is 386 g/mol. The second-order valence-corrected chi connectivity index (χ2v) is 8.13. The van der Waals surface area contributed by atoms with Crippen LogP contribution >= 0.6 is 0 Å². The van der Waals surface area contributed by atoms with E-state index in [-0.39, 0.29) is 30.1 Å². The van der Waals surface area contributed by atoms with Crippen LogP contribution in [-0.4, -0.2) is 43.5 Å². The second-order valence-electron chi connectivity index (χ2n) is 8.13. The summed E-state index contributed by atoms with van der Waals surface area (Å²) in [6.07, 6.45) is 3.98. The molecule has 2 aliphatic rings. The Bertz CT molecular complexity index is 990. The second kappa shape index (κ2) is 7.89. The standard InChI is InChI=1S/C21H25N5O4/c1-13-20(26(29)30)14(2)25(23-13)12-19(27)24(18-9-10-18)11-15-3-5-16(6-4-15)21(28)22-17-7-8-17/h3-6,17-18H,7-12H2,1-2H3,(H,22,28). The average molecular weight is 411 g/mol. The van der Waals surface area contributed by atoms with Gasteiger partial charge in [-0.15, -0.1) is 0 Å². The average Bonchev–Trinajstić information content (AvgIpc) is 3.61. The number of carbonyl (C=O) groups excluding carboxylic acids is 2. The highest BCUT2D eigenvalue weighted by molar-refractivity contribution is 5.94. The Morgan fingerprint density at radius 3 is 2.40 bits per heavy atom. The first-order valence-corrected chi connectivity index (χ1v) is 10.2. The number of hydrogen-bond acceptors (Lipinski definition) is 5. The molecule has 0 bridgehead atoms. The molecule has 2 aromatic rings. The molecule has 2 amide bonds. The van der Waals surface area contributed by atoms with Crippen molar-refractivity contribution in [3.8, 4) is 0 Å². The molecule has 158 valence electrons. The van der Waals surface area contributed by atoms with E-state index >= 15 is 0 Å². The summed E-state index contributed by atoms with van der Waals surface area (Å²) in [5, 5.41) is 18.3. The van der Waals surface area contributed by atoms with Crippen molar-refractivity contribution in [2.24, 2.45) is 0 Å². The minimum Gasteiger partial charge on any atom is -0.349 e. The number of amides is 2. The van der Waals surface area contributed by atoms with Crippen molar-refractivity contribution in [1.82, 2.24) is 20.0 Å². The smallest absolute Gasteiger partial charge is 0.312 e. The van der Waals surface area contributed by atoms with Crippen LogP contribution in [0, 0.1) is 24.0 Å². The first-order chi connectivity index (χ1) is 14.3. The van der Waals surface area contributed by atoms with Gasteiger partial charge < -0.3 is 10.2 Å². The van der Waals surface area contributed by atoms with E-state index in [0.29, 0.717) is 29.5 Å². The van der Waals surface area contributed by atoms with Crippen molar-refractivity contribution in [1.29, 1.82) is 0 Å². The van der Waals surface area contributed by atoms with E-state index in [0.717, 1.165) is 31.2 Å². The van der Waals surface area contributed by atoms with E-state index in [1.54, 1.807) is 26.0 Å². The summed E-state index contributed by atoms with van der Waals surface area (Å²) in [6, 6.07) is 7.81. The largest absolute Gasteiger partial charge is 0.349 e. The zero-order valence-corrected chi connectivity index (χ0v) is 17.1. The quantitative estimate of drug-likeness (QED) is 0.530. The molecule has 2 fully saturated rings. The molecule has 9 nitrogen and oxygen atoms in total. The van der Waals surface area contributed by atoms with Gasteiger partial charge in [0.05, 0.1) is 4.92 Å². The maximum Gasteiger partial charge on any atom is 0.312 e. The van der Waals surface area contributed by atoms with Crippen LogP contribution in [0.1, 0.15) is 53.0 Å².